The highest BCUT2D eigenvalue weighted by Gasteiger charge is 2.26. The van der Waals surface area contributed by atoms with Crippen molar-refractivity contribution in [1.82, 2.24) is 15.2 Å². The first kappa shape index (κ1) is 19.0. The molecular formula is C21H23N3O2S. The first-order chi connectivity index (χ1) is 12.9. The van der Waals surface area contributed by atoms with Crippen molar-refractivity contribution < 1.29 is 9.59 Å². The van der Waals surface area contributed by atoms with Crippen molar-refractivity contribution >= 4 is 33.4 Å². The van der Waals surface area contributed by atoms with Gasteiger partial charge >= 0.3 is 0 Å². The van der Waals surface area contributed by atoms with Crippen LogP contribution in [0.2, 0.25) is 0 Å². The Morgan fingerprint density at radius 2 is 1.85 bits per heavy atom. The average molecular weight is 382 g/mol. The van der Waals surface area contributed by atoms with Gasteiger partial charge in [-0.3, -0.25) is 9.59 Å². The Morgan fingerprint density at radius 3 is 2.56 bits per heavy atom. The summed E-state index contributed by atoms with van der Waals surface area (Å²) in [6, 6.07) is 14.4. The molecule has 0 saturated carbocycles. The summed E-state index contributed by atoms with van der Waals surface area (Å²) in [6.07, 6.45) is 0. The zero-order valence-electron chi connectivity index (χ0n) is 15.9. The third-order valence-electron chi connectivity index (χ3n) is 4.59. The Kier molecular flexibility index (Phi) is 5.56. The van der Waals surface area contributed by atoms with Crippen LogP contribution in [0.5, 0.6) is 0 Å². The van der Waals surface area contributed by atoms with E-state index in [1.807, 2.05) is 50.2 Å². The van der Waals surface area contributed by atoms with Crippen LogP contribution in [-0.2, 0) is 4.79 Å². The van der Waals surface area contributed by atoms with Crippen LogP contribution < -0.4 is 5.32 Å². The van der Waals surface area contributed by atoms with Crippen LogP contribution >= 0.6 is 11.3 Å². The van der Waals surface area contributed by atoms with Gasteiger partial charge in [-0.05, 0) is 45.0 Å². The van der Waals surface area contributed by atoms with Gasteiger partial charge in [0.05, 0.1) is 16.3 Å². The van der Waals surface area contributed by atoms with E-state index < -0.39 is 6.04 Å². The van der Waals surface area contributed by atoms with Crippen LogP contribution in [-0.4, -0.2) is 34.8 Å². The SMILES string of the molecule is Cc1cccc(C(=O)N[C@@H](C)C(=O)N(C)[C@@H](C)c2nc3ccccc3s2)c1. The fourth-order valence-electron chi connectivity index (χ4n) is 2.86. The smallest absolute Gasteiger partial charge is 0.251 e. The van der Waals surface area contributed by atoms with Gasteiger partial charge in [0.2, 0.25) is 5.91 Å². The van der Waals surface area contributed by atoms with Crippen molar-refractivity contribution in [3.8, 4) is 0 Å². The molecule has 140 valence electrons. The number of thiazole rings is 1. The van der Waals surface area contributed by atoms with Crippen LogP contribution in [0.1, 0.15) is 40.8 Å². The Balaban J connectivity index is 1.69. The van der Waals surface area contributed by atoms with Gasteiger partial charge in [-0.15, -0.1) is 11.3 Å². The van der Waals surface area contributed by atoms with Crippen LogP contribution in [0, 0.1) is 6.92 Å². The Bertz CT molecular complexity index is 949. The Labute approximate surface area is 163 Å². The Morgan fingerprint density at radius 1 is 1.11 bits per heavy atom. The molecule has 27 heavy (non-hydrogen) atoms. The second-order valence-electron chi connectivity index (χ2n) is 6.71. The molecule has 3 aromatic rings. The summed E-state index contributed by atoms with van der Waals surface area (Å²) < 4.78 is 1.10. The topological polar surface area (TPSA) is 62.3 Å². The van der Waals surface area contributed by atoms with E-state index in [4.69, 9.17) is 0 Å². The van der Waals surface area contributed by atoms with Gasteiger partial charge in [-0.25, -0.2) is 4.98 Å². The minimum atomic E-state index is -0.625. The van der Waals surface area contributed by atoms with E-state index in [1.54, 1.807) is 42.3 Å². The van der Waals surface area contributed by atoms with Crippen molar-refractivity contribution in [2.45, 2.75) is 32.9 Å². The van der Waals surface area contributed by atoms with Gasteiger partial charge < -0.3 is 10.2 Å². The standard InChI is InChI=1S/C21H23N3O2S/c1-13-8-7-9-16(12-13)19(25)22-14(2)21(26)24(4)15(3)20-23-17-10-5-6-11-18(17)27-20/h5-12,14-15H,1-4H3,(H,22,25)/t14-,15-/m0/s1. The minimum Gasteiger partial charge on any atom is -0.341 e. The molecule has 0 aliphatic heterocycles. The molecule has 5 nitrogen and oxygen atoms in total. The number of para-hydroxylation sites is 1. The molecule has 6 heteroatoms. The zero-order chi connectivity index (χ0) is 19.6. The molecule has 1 heterocycles. The lowest BCUT2D eigenvalue weighted by Gasteiger charge is -2.26. The van der Waals surface area contributed by atoms with Crippen molar-refractivity contribution in [2.75, 3.05) is 7.05 Å². The lowest BCUT2D eigenvalue weighted by Crippen LogP contribution is -2.46. The van der Waals surface area contributed by atoms with Crippen molar-refractivity contribution in [1.29, 1.82) is 0 Å². The molecule has 0 bridgehead atoms. The van der Waals surface area contributed by atoms with Crippen molar-refractivity contribution in [3.05, 3.63) is 64.7 Å². The molecule has 0 saturated heterocycles. The van der Waals surface area contributed by atoms with Gasteiger partial charge in [-0.1, -0.05) is 29.8 Å². The number of carbonyl (C=O) groups is 2. The van der Waals surface area contributed by atoms with Crippen molar-refractivity contribution in [3.63, 3.8) is 0 Å². The number of hydrogen-bond acceptors (Lipinski definition) is 4. The van der Waals surface area contributed by atoms with Crippen LogP contribution in [0.3, 0.4) is 0 Å². The Hall–Kier alpha value is -2.73. The monoisotopic (exact) mass is 381 g/mol. The predicted octanol–water partition coefficient (Wildman–Crippen LogP) is 3.94. The zero-order valence-corrected chi connectivity index (χ0v) is 16.7. The second kappa shape index (κ2) is 7.88. The van der Waals surface area contributed by atoms with Crippen molar-refractivity contribution in [2.24, 2.45) is 0 Å². The number of aryl methyl sites for hydroxylation is 1. The van der Waals surface area contributed by atoms with Crippen LogP contribution in [0.25, 0.3) is 10.2 Å². The predicted molar refractivity (Wildman–Crippen MR) is 109 cm³/mol. The number of hydrogen-bond donors (Lipinski definition) is 1. The molecule has 0 aliphatic rings. The largest absolute Gasteiger partial charge is 0.341 e. The number of fused-ring (bicyclic) bond motifs is 1. The highest BCUT2D eigenvalue weighted by molar-refractivity contribution is 7.18. The molecule has 1 aromatic heterocycles. The van der Waals surface area contributed by atoms with E-state index in [0.29, 0.717) is 5.56 Å². The van der Waals surface area contributed by atoms with Gasteiger partial charge in [0.15, 0.2) is 0 Å². The molecule has 2 amide bonds. The number of carbonyl (C=O) groups excluding carboxylic acids is 2. The lowest BCUT2D eigenvalue weighted by atomic mass is 10.1. The molecule has 0 unspecified atom stereocenters. The third kappa shape index (κ3) is 4.17. The fourth-order valence-corrected chi connectivity index (χ4v) is 3.92. The number of amides is 2. The molecule has 0 spiro atoms. The minimum absolute atomic E-state index is 0.150. The van der Waals surface area contributed by atoms with Gasteiger partial charge in [-0.2, -0.15) is 0 Å². The van der Waals surface area contributed by atoms with Crippen LogP contribution in [0.4, 0.5) is 0 Å². The quantitative estimate of drug-likeness (QED) is 0.728. The highest BCUT2D eigenvalue weighted by atomic mass is 32.1. The molecule has 2 aromatic carbocycles. The molecule has 1 N–H and O–H groups in total. The summed E-state index contributed by atoms with van der Waals surface area (Å²) in [4.78, 5) is 31.5. The maximum absolute atomic E-state index is 12.8. The fraction of sp³-hybridized carbons (Fsp3) is 0.286. The summed E-state index contributed by atoms with van der Waals surface area (Å²) in [5.41, 5.74) is 2.49. The number of nitrogens with zero attached hydrogens (tertiary/aromatic N) is 2. The highest BCUT2D eigenvalue weighted by Crippen LogP contribution is 2.29. The summed E-state index contributed by atoms with van der Waals surface area (Å²) in [5, 5.41) is 3.67. The van der Waals surface area contributed by atoms with E-state index in [-0.39, 0.29) is 17.9 Å². The van der Waals surface area contributed by atoms with Crippen LogP contribution in [0.15, 0.2) is 48.5 Å². The van der Waals surface area contributed by atoms with Gasteiger partial charge in [0, 0.05) is 12.6 Å². The summed E-state index contributed by atoms with van der Waals surface area (Å²) in [5.74, 6) is -0.400. The molecule has 0 radical (unpaired) electrons. The summed E-state index contributed by atoms with van der Waals surface area (Å²) in [7, 11) is 1.74. The first-order valence-electron chi connectivity index (χ1n) is 8.86. The summed E-state index contributed by atoms with van der Waals surface area (Å²) in [6.45, 7) is 5.58. The molecule has 3 rings (SSSR count). The van der Waals surface area contributed by atoms with Gasteiger partial charge in [0.1, 0.15) is 11.0 Å². The van der Waals surface area contributed by atoms with E-state index in [0.717, 1.165) is 20.8 Å². The maximum atomic E-state index is 12.8. The molecule has 0 aliphatic carbocycles. The number of benzene rings is 2. The first-order valence-corrected chi connectivity index (χ1v) is 9.68. The van der Waals surface area contributed by atoms with E-state index >= 15 is 0 Å². The van der Waals surface area contributed by atoms with E-state index in [9.17, 15) is 9.59 Å². The average Bonchev–Trinajstić information content (AvgIpc) is 3.10. The lowest BCUT2D eigenvalue weighted by molar-refractivity contribution is -0.133. The number of aromatic nitrogens is 1. The maximum Gasteiger partial charge on any atom is 0.251 e. The molecule has 2 atom stereocenters. The van der Waals surface area contributed by atoms with E-state index in [2.05, 4.69) is 10.3 Å². The van der Waals surface area contributed by atoms with E-state index in [1.165, 1.54) is 0 Å². The summed E-state index contributed by atoms with van der Waals surface area (Å²) >= 11 is 1.58. The number of rotatable bonds is 5. The number of likely N-dealkylation sites (N-methyl/N-ethyl adjacent to an activating group) is 1. The second-order valence-corrected chi connectivity index (χ2v) is 7.77. The molecular weight excluding hydrogens is 358 g/mol. The molecule has 0 fully saturated rings. The van der Waals surface area contributed by atoms with Gasteiger partial charge in [0.25, 0.3) is 5.91 Å². The third-order valence-corrected chi connectivity index (χ3v) is 5.80. The number of nitrogens with one attached hydrogen (secondary N) is 1. The normalized spacial score (nSPS) is 13.2.